The fraction of sp³-hybridized carbons (Fsp3) is 0.588. The number of hydrogen-bond acceptors (Lipinski definition) is 5. The largest absolute Gasteiger partial charge is 0.368 e. The van der Waals surface area contributed by atoms with Crippen LogP contribution in [0.25, 0.3) is 0 Å². The molecule has 130 valence electrons. The molecule has 0 spiro atoms. The third-order valence-corrected chi connectivity index (χ3v) is 4.90. The van der Waals surface area contributed by atoms with Crippen LogP contribution in [-0.2, 0) is 16.1 Å². The predicted octanol–water partition coefficient (Wildman–Crippen LogP) is 1.73. The zero-order chi connectivity index (χ0) is 17.1. The Morgan fingerprint density at radius 3 is 2.71 bits per heavy atom. The molecule has 2 aliphatic rings. The molecule has 0 radical (unpaired) electrons. The van der Waals surface area contributed by atoms with Crippen molar-refractivity contribution < 1.29 is 14.5 Å². The smallest absolute Gasteiger partial charge is 0.272 e. The molecule has 2 aliphatic heterocycles. The first-order valence-electron chi connectivity index (χ1n) is 8.42. The van der Waals surface area contributed by atoms with Crippen LogP contribution >= 0.6 is 0 Å². The van der Waals surface area contributed by atoms with E-state index < -0.39 is 0 Å². The SMILES string of the molecule is Cc1c(CN2CCN(C(=O)[C@H]3CCCO3)CC2)cccc1[N+](=O)[O-]. The van der Waals surface area contributed by atoms with Gasteiger partial charge in [0, 0.05) is 51.0 Å². The van der Waals surface area contributed by atoms with Crippen LogP contribution in [-0.4, -0.2) is 59.5 Å². The van der Waals surface area contributed by atoms with Gasteiger partial charge in [0.05, 0.1) is 4.92 Å². The zero-order valence-electron chi connectivity index (χ0n) is 13.9. The number of carbonyl (C=O) groups excluding carboxylic acids is 1. The lowest BCUT2D eigenvalue weighted by Gasteiger charge is -2.35. The summed E-state index contributed by atoms with van der Waals surface area (Å²) in [6.45, 7) is 6.09. The Kier molecular flexibility index (Phi) is 5.11. The second-order valence-electron chi connectivity index (χ2n) is 6.42. The molecule has 0 N–H and O–H groups in total. The summed E-state index contributed by atoms with van der Waals surface area (Å²) in [4.78, 5) is 27.2. The van der Waals surface area contributed by atoms with Crippen molar-refractivity contribution >= 4 is 11.6 Å². The number of carbonyl (C=O) groups is 1. The predicted molar refractivity (Wildman–Crippen MR) is 88.7 cm³/mol. The van der Waals surface area contributed by atoms with Crippen LogP contribution < -0.4 is 0 Å². The Morgan fingerprint density at radius 1 is 1.33 bits per heavy atom. The lowest BCUT2D eigenvalue weighted by molar-refractivity contribution is -0.385. The normalized spacial score (nSPS) is 21.9. The first kappa shape index (κ1) is 16.9. The molecular weight excluding hydrogens is 310 g/mol. The summed E-state index contributed by atoms with van der Waals surface area (Å²) in [5.74, 6) is 0.110. The average Bonchev–Trinajstić information content (AvgIpc) is 3.11. The van der Waals surface area contributed by atoms with Crippen LogP contribution in [0, 0.1) is 17.0 Å². The third kappa shape index (κ3) is 3.57. The number of nitro benzene ring substituents is 1. The highest BCUT2D eigenvalue weighted by atomic mass is 16.6. The van der Waals surface area contributed by atoms with Gasteiger partial charge in [-0.15, -0.1) is 0 Å². The van der Waals surface area contributed by atoms with Crippen LogP contribution in [0.4, 0.5) is 5.69 Å². The van der Waals surface area contributed by atoms with Crippen molar-refractivity contribution in [3.05, 3.63) is 39.4 Å². The van der Waals surface area contributed by atoms with Crippen molar-refractivity contribution in [2.75, 3.05) is 32.8 Å². The van der Waals surface area contributed by atoms with E-state index in [2.05, 4.69) is 4.90 Å². The average molecular weight is 333 g/mol. The van der Waals surface area contributed by atoms with Gasteiger partial charge in [-0.25, -0.2) is 0 Å². The molecule has 7 heteroatoms. The molecule has 2 heterocycles. The summed E-state index contributed by atoms with van der Waals surface area (Å²) in [7, 11) is 0. The maximum atomic E-state index is 12.3. The molecule has 0 saturated carbocycles. The summed E-state index contributed by atoms with van der Waals surface area (Å²) in [5, 5.41) is 11.0. The van der Waals surface area contributed by atoms with Gasteiger partial charge in [0.1, 0.15) is 6.10 Å². The van der Waals surface area contributed by atoms with Gasteiger partial charge in [0.15, 0.2) is 0 Å². The van der Waals surface area contributed by atoms with Gasteiger partial charge in [0.2, 0.25) is 0 Å². The van der Waals surface area contributed by atoms with Crippen molar-refractivity contribution in [3.8, 4) is 0 Å². The van der Waals surface area contributed by atoms with E-state index in [1.54, 1.807) is 13.0 Å². The van der Waals surface area contributed by atoms with Crippen LogP contribution in [0.1, 0.15) is 24.0 Å². The number of amides is 1. The van der Waals surface area contributed by atoms with E-state index in [4.69, 9.17) is 4.74 Å². The van der Waals surface area contributed by atoms with Crippen LogP contribution in [0.5, 0.6) is 0 Å². The minimum absolute atomic E-state index is 0.110. The molecule has 1 aromatic rings. The topological polar surface area (TPSA) is 75.9 Å². The highest BCUT2D eigenvalue weighted by Crippen LogP contribution is 2.23. The van der Waals surface area contributed by atoms with E-state index in [9.17, 15) is 14.9 Å². The second kappa shape index (κ2) is 7.27. The molecular formula is C17H23N3O4. The van der Waals surface area contributed by atoms with Gasteiger partial charge in [-0.2, -0.15) is 0 Å². The van der Waals surface area contributed by atoms with Gasteiger partial charge < -0.3 is 9.64 Å². The molecule has 0 bridgehead atoms. The Balaban J connectivity index is 1.57. The number of piperazine rings is 1. The first-order chi connectivity index (χ1) is 11.6. The summed E-state index contributed by atoms with van der Waals surface area (Å²) >= 11 is 0. The molecule has 1 aromatic carbocycles. The molecule has 0 aromatic heterocycles. The van der Waals surface area contributed by atoms with Crippen LogP contribution in [0.3, 0.4) is 0 Å². The van der Waals surface area contributed by atoms with Gasteiger partial charge in [-0.3, -0.25) is 19.8 Å². The van der Waals surface area contributed by atoms with E-state index in [-0.39, 0.29) is 22.6 Å². The van der Waals surface area contributed by atoms with E-state index in [1.807, 2.05) is 11.0 Å². The van der Waals surface area contributed by atoms with Gasteiger partial charge in [-0.1, -0.05) is 12.1 Å². The zero-order valence-corrected chi connectivity index (χ0v) is 13.9. The molecule has 3 rings (SSSR count). The number of benzene rings is 1. The minimum Gasteiger partial charge on any atom is -0.368 e. The van der Waals surface area contributed by atoms with Gasteiger partial charge in [-0.05, 0) is 25.3 Å². The fourth-order valence-electron chi connectivity index (χ4n) is 3.38. The first-order valence-corrected chi connectivity index (χ1v) is 8.42. The van der Waals surface area contributed by atoms with Gasteiger partial charge in [0.25, 0.3) is 11.6 Å². The molecule has 7 nitrogen and oxygen atoms in total. The maximum absolute atomic E-state index is 12.3. The van der Waals surface area contributed by atoms with Crippen molar-refractivity contribution in [2.24, 2.45) is 0 Å². The summed E-state index contributed by atoms with van der Waals surface area (Å²) in [6, 6.07) is 5.21. The van der Waals surface area contributed by atoms with Crippen molar-refractivity contribution in [2.45, 2.75) is 32.4 Å². The van der Waals surface area contributed by atoms with Crippen molar-refractivity contribution in [3.63, 3.8) is 0 Å². The molecule has 1 amide bonds. The Bertz CT molecular complexity index is 620. The highest BCUT2D eigenvalue weighted by Gasteiger charge is 2.30. The molecule has 2 saturated heterocycles. The number of rotatable bonds is 4. The fourth-order valence-corrected chi connectivity index (χ4v) is 3.38. The van der Waals surface area contributed by atoms with E-state index in [0.29, 0.717) is 26.2 Å². The van der Waals surface area contributed by atoms with E-state index in [0.717, 1.165) is 37.1 Å². The third-order valence-electron chi connectivity index (χ3n) is 4.90. The Morgan fingerprint density at radius 2 is 2.08 bits per heavy atom. The highest BCUT2D eigenvalue weighted by molar-refractivity contribution is 5.81. The Labute approximate surface area is 141 Å². The van der Waals surface area contributed by atoms with Crippen molar-refractivity contribution in [1.82, 2.24) is 9.80 Å². The van der Waals surface area contributed by atoms with Crippen LogP contribution in [0.2, 0.25) is 0 Å². The molecule has 24 heavy (non-hydrogen) atoms. The van der Waals surface area contributed by atoms with Crippen LogP contribution in [0.15, 0.2) is 18.2 Å². The quantitative estimate of drug-likeness (QED) is 0.619. The summed E-state index contributed by atoms with van der Waals surface area (Å²) in [5.41, 5.74) is 1.86. The Hall–Kier alpha value is -1.99. The standard InChI is InChI=1S/C17H23N3O4/c1-13-14(4-2-5-15(13)20(22)23)12-18-7-9-19(10-8-18)17(21)16-6-3-11-24-16/h2,4-5,16H,3,6-12H2,1H3/t16-/m1/s1. The number of nitro groups is 1. The molecule has 1 atom stereocenters. The molecule has 0 unspecified atom stereocenters. The van der Waals surface area contributed by atoms with Gasteiger partial charge >= 0.3 is 0 Å². The molecule has 2 fully saturated rings. The monoisotopic (exact) mass is 333 g/mol. The summed E-state index contributed by atoms with van der Waals surface area (Å²) in [6.07, 6.45) is 1.53. The maximum Gasteiger partial charge on any atom is 0.272 e. The molecule has 0 aliphatic carbocycles. The van der Waals surface area contributed by atoms with E-state index in [1.165, 1.54) is 6.07 Å². The lowest BCUT2D eigenvalue weighted by atomic mass is 10.1. The number of nitrogens with zero attached hydrogens (tertiary/aromatic N) is 3. The van der Waals surface area contributed by atoms with E-state index >= 15 is 0 Å². The summed E-state index contributed by atoms with van der Waals surface area (Å²) < 4.78 is 5.47. The second-order valence-corrected chi connectivity index (χ2v) is 6.42. The van der Waals surface area contributed by atoms with Crippen molar-refractivity contribution in [1.29, 1.82) is 0 Å². The lowest BCUT2D eigenvalue weighted by Crippen LogP contribution is -2.51. The minimum atomic E-state index is -0.336. The number of hydrogen-bond donors (Lipinski definition) is 0. The number of ether oxygens (including phenoxy) is 1.